The van der Waals surface area contributed by atoms with Crippen LogP contribution in [0.3, 0.4) is 0 Å². The normalized spacial score (nSPS) is 15.6. The van der Waals surface area contributed by atoms with Gasteiger partial charge in [-0.05, 0) is 31.2 Å². The summed E-state index contributed by atoms with van der Waals surface area (Å²) in [7, 11) is 0. The van der Waals surface area contributed by atoms with Crippen LogP contribution in [0.2, 0.25) is 0 Å². The summed E-state index contributed by atoms with van der Waals surface area (Å²) in [5, 5.41) is 16.5. The Labute approximate surface area is 184 Å². The zero-order valence-electron chi connectivity index (χ0n) is 17.3. The van der Waals surface area contributed by atoms with Crippen molar-refractivity contribution >= 4 is 11.6 Å². The van der Waals surface area contributed by atoms with E-state index in [0.29, 0.717) is 17.8 Å². The van der Waals surface area contributed by atoms with E-state index in [1.807, 2.05) is 43.3 Å². The molecule has 1 atom stereocenters. The van der Waals surface area contributed by atoms with Gasteiger partial charge in [0.25, 0.3) is 5.91 Å². The number of imidazole rings is 1. The van der Waals surface area contributed by atoms with E-state index in [1.54, 1.807) is 47.7 Å². The molecule has 3 aromatic heterocycles. The Morgan fingerprint density at radius 3 is 2.75 bits per heavy atom. The van der Waals surface area contributed by atoms with Crippen molar-refractivity contribution in [3.05, 3.63) is 102 Å². The maximum Gasteiger partial charge on any atom is 0.294 e. The van der Waals surface area contributed by atoms with Gasteiger partial charge in [-0.3, -0.25) is 14.3 Å². The number of nitrogens with zero attached hydrogens (tertiary/aromatic N) is 6. The highest BCUT2D eigenvalue weighted by Crippen LogP contribution is 2.37. The highest BCUT2D eigenvalue weighted by atomic mass is 16.3. The van der Waals surface area contributed by atoms with Crippen molar-refractivity contribution in [1.82, 2.24) is 24.5 Å². The number of para-hydroxylation sites is 1. The van der Waals surface area contributed by atoms with Crippen LogP contribution in [0.1, 0.15) is 39.8 Å². The topological polar surface area (TPSA) is 96.5 Å². The molecule has 4 aromatic rings. The van der Waals surface area contributed by atoms with Crippen molar-refractivity contribution in [3.8, 4) is 11.6 Å². The van der Waals surface area contributed by atoms with Crippen molar-refractivity contribution in [2.45, 2.75) is 19.4 Å². The number of hydrogen-bond acceptors (Lipinski definition) is 6. The molecule has 8 nitrogen and oxygen atoms in total. The molecule has 0 fully saturated rings. The number of aromatic nitrogens is 4. The highest BCUT2D eigenvalue weighted by Gasteiger charge is 2.36. The molecule has 158 valence electrons. The third-order valence-electron chi connectivity index (χ3n) is 5.35. The monoisotopic (exact) mass is 424 g/mol. The van der Waals surface area contributed by atoms with Gasteiger partial charge in [0, 0.05) is 41.8 Å². The lowest BCUT2D eigenvalue weighted by Gasteiger charge is -2.21. The molecule has 1 unspecified atom stereocenters. The van der Waals surface area contributed by atoms with Crippen LogP contribution in [0.15, 0.2) is 84.6 Å². The van der Waals surface area contributed by atoms with Gasteiger partial charge in [-0.1, -0.05) is 30.3 Å². The van der Waals surface area contributed by atoms with Crippen LogP contribution in [0.25, 0.3) is 5.82 Å². The summed E-state index contributed by atoms with van der Waals surface area (Å²) in [4.78, 5) is 26.4. The number of hydrazone groups is 1. The molecule has 5 rings (SSSR count). The van der Waals surface area contributed by atoms with Gasteiger partial charge in [-0.25, -0.2) is 15.0 Å². The summed E-state index contributed by atoms with van der Waals surface area (Å²) < 4.78 is 1.71. The number of carbonyl (C=O) groups excluding carboxylic acids is 1. The molecule has 0 bridgehead atoms. The SMILES string of the molecule is Cc1cccc(-n2cnc(C(=O)N3N=C(c4cccnc4)CC3c3ccccc3O)c2)n1. The highest BCUT2D eigenvalue weighted by molar-refractivity contribution is 6.04. The second kappa shape index (κ2) is 8.07. The van der Waals surface area contributed by atoms with Crippen molar-refractivity contribution in [2.75, 3.05) is 0 Å². The van der Waals surface area contributed by atoms with Crippen LogP contribution in [-0.2, 0) is 0 Å². The molecule has 1 aromatic carbocycles. The third kappa shape index (κ3) is 3.62. The first-order valence-electron chi connectivity index (χ1n) is 10.2. The minimum Gasteiger partial charge on any atom is -0.508 e. The number of aryl methyl sites for hydroxylation is 1. The van der Waals surface area contributed by atoms with Crippen LogP contribution >= 0.6 is 0 Å². The van der Waals surface area contributed by atoms with E-state index in [9.17, 15) is 9.90 Å². The summed E-state index contributed by atoms with van der Waals surface area (Å²) in [6, 6.07) is 15.9. The summed E-state index contributed by atoms with van der Waals surface area (Å²) in [5.41, 5.74) is 3.29. The van der Waals surface area contributed by atoms with Crippen molar-refractivity contribution in [3.63, 3.8) is 0 Å². The number of hydrogen-bond donors (Lipinski definition) is 1. The van der Waals surface area contributed by atoms with Gasteiger partial charge in [0.15, 0.2) is 0 Å². The molecule has 0 aliphatic carbocycles. The van der Waals surface area contributed by atoms with Crippen molar-refractivity contribution in [2.24, 2.45) is 5.10 Å². The van der Waals surface area contributed by atoms with Crippen LogP contribution in [0.5, 0.6) is 5.75 Å². The Bertz CT molecular complexity index is 1310. The molecule has 1 N–H and O–H groups in total. The number of carbonyl (C=O) groups is 1. The summed E-state index contributed by atoms with van der Waals surface area (Å²) in [6.07, 6.45) is 7.06. The van der Waals surface area contributed by atoms with Gasteiger partial charge in [0.2, 0.25) is 0 Å². The third-order valence-corrected chi connectivity index (χ3v) is 5.35. The summed E-state index contributed by atoms with van der Waals surface area (Å²) in [5.74, 6) is 0.436. The first-order valence-corrected chi connectivity index (χ1v) is 10.2. The summed E-state index contributed by atoms with van der Waals surface area (Å²) in [6.45, 7) is 1.91. The van der Waals surface area contributed by atoms with Crippen molar-refractivity contribution in [1.29, 1.82) is 0 Å². The molecular formula is C24H20N6O2. The van der Waals surface area contributed by atoms with Crippen LogP contribution < -0.4 is 0 Å². The van der Waals surface area contributed by atoms with Gasteiger partial charge in [-0.15, -0.1) is 0 Å². The predicted molar refractivity (Wildman–Crippen MR) is 119 cm³/mol. The number of amides is 1. The number of benzene rings is 1. The molecule has 1 aliphatic rings. The number of rotatable bonds is 4. The number of phenols is 1. The zero-order chi connectivity index (χ0) is 22.1. The molecule has 1 amide bonds. The van der Waals surface area contributed by atoms with Gasteiger partial charge in [-0.2, -0.15) is 5.10 Å². The van der Waals surface area contributed by atoms with Gasteiger partial charge in [0.1, 0.15) is 23.6 Å². The first kappa shape index (κ1) is 19.6. The maximum atomic E-state index is 13.5. The Morgan fingerprint density at radius 1 is 1.09 bits per heavy atom. The molecule has 0 radical (unpaired) electrons. The minimum atomic E-state index is -0.457. The average Bonchev–Trinajstić information content (AvgIpc) is 3.48. The number of pyridine rings is 2. The molecular weight excluding hydrogens is 404 g/mol. The van der Waals surface area contributed by atoms with E-state index >= 15 is 0 Å². The van der Waals surface area contributed by atoms with E-state index in [2.05, 4.69) is 20.1 Å². The molecule has 0 spiro atoms. The van der Waals surface area contributed by atoms with Crippen LogP contribution in [0.4, 0.5) is 0 Å². The fourth-order valence-electron chi connectivity index (χ4n) is 3.77. The standard InChI is InChI=1S/C24H20N6O2/c1-16-6-4-10-23(27-16)29-14-20(26-15-29)24(32)30-21(18-8-2-3-9-22(18)31)12-19(28-30)17-7-5-11-25-13-17/h2-11,13-15,21,31H,12H2,1H3. The van der Waals surface area contributed by atoms with Gasteiger partial charge in [0.05, 0.1) is 11.8 Å². The van der Waals surface area contributed by atoms with E-state index in [1.165, 1.54) is 5.01 Å². The second-order valence-corrected chi connectivity index (χ2v) is 7.52. The lowest BCUT2D eigenvalue weighted by atomic mass is 9.98. The molecule has 0 saturated heterocycles. The summed E-state index contributed by atoms with van der Waals surface area (Å²) >= 11 is 0. The second-order valence-electron chi connectivity index (χ2n) is 7.52. The van der Waals surface area contributed by atoms with E-state index in [-0.39, 0.29) is 17.4 Å². The number of aromatic hydroxyl groups is 1. The van der Waals surface area contributed by atoms with Crippen LogP contribution in [-0.4, -0.2) is 41.3 Å². The fourth-order valence-corrected chi connectivity index (χ4v) is 3.77. The predicted octanol–water partition coefficient (Wildman–Crippen LogP) is 3.67. The maximum absolute atomic E-state index is 13.5. The smallest absolute Gasteiger partial charge is 0.294 e. The quantitative estimate of drug-likeness (QED) is 0.539. The lowest BCUT2D eigenvalue weighted by Crippen LogP contribution is -2.27. The first-order chi connectivity index (χ1) is 15.6. The Hall–Kier alpha value is -4.33. The van der Waals surface area contributed by atoms with Gasteiger partial charge < -0.3 is 5.11 Å². The molecule has 8 heteroatoms. The fraction of sp³-hybridized carbons (Fsp3) is 0.125. The Morgan fingerprint density at radius 2 is 1.97 bits per heavy atom. The zero-order valence-corrected chi connectivity index (χ0v) is 17.3. The van der Waals surface area contributed by atoms with Crippen LogP contribution in [0, 0.1) is 6.92 Å². The molecule has 0 saturated carbocycles. The van der Waals surface area contributed by atoms with Gasteiger partial charge >= 0.3 is 0 Å². The largest absolute Gasteiger partial charge is 0.508 e. The van der Waals surface area contributed by atoms with E-state index in [4.69, 9.17) is 0 Å². The number of phenolic OH excluding ortho intramolecular Hbond substituents is 1. The van der Waals surface area contributed by atoms with E-state index in [0.717, 1.165) is 17.0 Å². The Balaban J connectivity index is 1.52. The lowest BCUT2D eigenvalue weighted by molar-refractivity contribution is 0.0704. The average molecular weight is 424 g/mol. The Kier molecular flexibility index (Phi) is 4.95. The minimum absolute atomic E-state index is 0.118. The van der Waals surface area contributed by atoms with Crippen molar-refractivity contribution < 1.29 is 9.90 Å². The van der Waals surface area contributed by atoms with E-state index < -0.39 is 6.04 Å². The molecule has 32 heavy (non-hydrogen) atoms. The molecule has 4 heterocycles. The molecule has 1 aliphatic heterocycles.